The van der Waals surface area contributed by atoms with Crippen molar-refractivity contribution in [3.05, 3.63) is 60.0 Å². The van der Waals surface area contributed by atoms with Crippen LogP contribution in [-0.4, -0.2) is 57.8 Å². The number of nitrogens with one attached hydrogen (secondary N) is 2. The van der Waals surface area contributed by atoms with Crippen molar-refractivity contribution in [2.75, 3.05) is 26.2 Å². The Morgan fingerprint density at radius 2 is 1.72 bits per heavy atom. The van der Waals surface area contributed by atoms with Crippen LogP contribution in [0.25, 0.3) is 10.9 Å². The summed E-state index contributed by atoms with van der Waals surface area (Å²) in [4.78, 5) is 34.9. The van der Waals surface area contributed by atoms with Crippen molar-refractivity contribution >= 4 is 22.7 Å². The van der Waals surface area contributed by atoms with Gasteiger partial charge in [0.2, 0.25) is 5.91 Å². The lowest BCUT2D eigenvalue weighted by molar-refractivity contribution is -0.131. The van der Waals surface area contributed by atoms with E-state index in [0.717, 1.165) is 16.5 Å². The highest BCUT2D eigenvalue weighted by atomic mass is 16.2. The van der Waals surface area contributed by atoms with Crippen molar-refractivity contribution in [1.29, 1.82) is 0 Å². The molecule has 1 saturated heterocycles. The number of aromatic nitrogens is 2. The Balaban J connectivity index is 1.40. The summed E-state index contributed by atoms with van der Waals surface area (Å²) < 4.78 is 0. The van der Waals surface area contributed by atoms with Crippen LogP contribution in [0.1, 0.15) is 15.9 Å². The molecule has 2 aromatic heterocycles. The number of rotatable bonds is 3. The number of nitrogens with zero attached hydrogens (tertiary/aromatic N) is 2. The zero-order valence-electron chi connectivity index (χ0n) is 13.9. The lowest BCUT2D eigenvalue weighted by Gasteiger charge is -2.34. The number of hydrogen-bond acceptors (Lipinski definition) is 2. The Kier molecular flexibility index (Phi) is 4.01. The molecule has 6 heteroatoms. The van der Waals surface area contributed by atoms with Crippen LogP contribution in [0.3, 0.4) is 0 Å². The summed E-state index contributed by atoms with van der Waals surface area (Å²) in [7, 11) is 0. The van der Waals surface area contributed by atoms with E-state index in [-0.39, 0.29) is 11.8 Å². The lowest BCUT2D eigenvalue weighted by Crippen LogP contribution is -2.50. The molecule has 128 valence electrons. The zero-order chi connectivity index (χ0) is 17.2. The molecule has 0 aliphatic carbocycles. The van der Waals surface area contributed by atoms with E-state index in [2.05, 4.69) is 9.97 Å². The van der Waals surface area contributed by atoms with Crippen LogP contribution in [-0.2, 0) is 11.2 Å². The average Bonchev–Trinajstić information content (AvgIpc) is 3.31. The number of para-hydroxylation sites is 1. The van der Waals surface area contributed by atoms with Gasteiger partial charge in [0.05, 0.1) is 12.0 Å². The number of fused-ring (bicyclic) bond motifs is 1. The van der Waals surface area contributed by atoms with Gasteiger partial charge in [0.1, 0.15) is 0 Å². The fraction of sp³-hybridized carbons (Fsp3) is 0.263. The Bertz CT molecular complexity index is 889. The van der Waals surface area contributed by atoms with E-state index in [1.807, 2.05) is 52.5 Å². The minimum atomic E-state index is 0.0233. The van der Waals surface area contributed by atoms with E-state index in [0.29, 0.717) is 38.2 Å². The molecular weight excluding hydrogens is 316 g/mol. The Hall–Kier alpha value is -3.02. The van der Waals surface area contributed by atoms with Gasteiger partial charge in [-0.3, -0.25) is 9.59 Å². The summed E-state index contributed by atoms with van der Waals surface area (Å²) in [5, 5.41) is 0.943. The monoisotopic (exact) mass is 336 g/mol. The zero-order valence-corrected chi connectivity index (χ0v) is 13.9. The quantitative estimate of drug-likeness (QED) is 0.768. The van der Waals surface area contributed by atoms with Gasteiger partial charge in [-0.05, 0) is 17.7 Å². The van der Waals surface area contributed by atoms with E-state index < -0.39 is 0 Å². The number of hydrogen-bond donors (Lipinski definition) is 2. The summed E-state index contributed by atoms with van der Waals surface area (Å²) in [5.74, 6) is 0.133. The molecule has 3 heterocycles. The van der Waals surface area contributed by atoms with Gasteiger partial charge in [-0.25, -0.2) is 0 Å². The van der Waals surface area contributed by atoms with Gasteiger partial charge >= 0.3 is 0 Å². The number of carbonyl (C=O) groups excluding carboxylic acids is 2. The van der Waals surface area contributed by atoms with Gasteiger partial charge in [-0.2, -0.15) is 0 Å². The van der Waals surface area contributed by atoms with Crippen molar-refractivity contribution in [3.63, 3.8) is 0 Å². The maximum Gasteiger partial charge on any atom is 0.256 e. The number of H-pyrrole nitrogens is 2. The van der Waals surface area contributed by atoms with Crippen LogP contribution in [0.15, 0.2) is 48.9 Å². The van der Waals surface area contributed by atoms with Gasteiger partial charge in [-0.1, -0.05) is 18.2 Å². The van der Waals surface area contributed by atoms with Crippen molar-refractivity contribution in [2.45, 2.75) is 6.42 Å². The first kappa shape index (κ1) is 15.5. The van der Waals surface area contributed by atoms with Gasteiger partial charge in [-0.15, -0.1) is 0 Å². The molecule has 1 aliphatic heterocycles. The van der Waals surface area contributed by atoms with Crippen LogP contribution in [0, 0.1) is 0 Å². The third-order valence-electron chi connectivity index (χ3n) is 4.76. The minimum Gasteiger partial charge on any atom is -0.367 e. The first-order chi connectivity index (χ1) is 12.2. The van der Waals surface area contributed by atoms with Crippen molar-refractivity contribution < 1.29 is 9.59 Å². The van der Waals surface area contributed by atoms with Gasteiger partial charge in [0, 0.05) is 55.7 Å². The molecule has 2 amide bonds. The second-order valence-corrected chi connectivity index (χ2v) is 6.32. The van der Waals surface area contributed by atoms with E-state index in [1.165, 1.54) is 0 Å². The molecule has 0 unspecified atom stereocenters. The molecule has 0 saturated carbocycles. The van der Waals surface area contributed by atoms with Gasteiger partial charge < -0.3 is 19.8 Å². The summed E-state index contributed by atoms with van der Waals surface area (Å²) in [6.07, 6.45) is 5.84. The second kappa shape index (κ2) is 6.47. The number of amides is 2. The standard InChI is InChI=1S/C19H20N4O2/c24-18(11-14-5-6-20-12-14)22-7-9-23(10-8-22)19(25)16-13-21-17-4-2-1-3-15(16)17/h1-6,12-13,20-21H,7-11H2. The molecule has 6 nitrogen and oxygen atoms in total. The second-order valence-electron chi connectivity index (χ2n) is 6.32. The Labute approximate surface area is 145 Å². The summed E-state index contributed by atoms with van der Waals surface area (Å²) >= 11 is 0. The third-order valence-corrected chi connectivity index (χ3v) is 4.76. The fourth-order valence-electron chi connectivity index (χ4n) is 3.33. The highest BCUT2D eigenvalue weighted by Gasteiger charge is 2.26. The first-order valence-electron chi connectivity index (χ1n) is 8.47. The molecule has 1 fully saturated rings. The van der Waals surface area contributed by atoms with Crippen LogP contribution in [0.2, 0.25) is 0 Å². The van der Waals surface area contributed by atoms with Crippen LogP contribution in [0.4, 0.5) is 0 Å². The molecule has 0 atom stereocenters. The number of aromatic amines is 2. The largest absolute Gasteiger partial charge is 0.367 e. The first-order valence-corrected chi connectivity index (χ1v) is 8.47. The molecule has 0 spiro atoms. The Morgan fingerprint density at radius 3 is 2.48 bits per heavy atom. The predicted molar refractivity (Wildman–Crippen MR) is 95.3 cm³/mol. The smallest absolute Gasteiger partial charge is 0.256 e. The topological polar surface area (TPSA) is 72.2 Å². The van der Waals surface area contributed by atoms with Crippen molar-refractivity contribution in [3.8, 4) is 0 Å². The molecular formula is C19H20N4O2. The summed E-state index contributed by atoms with van der Waals surface area (Å²) in [6, 6.07) is 9.71. The molecule has 0 bridgehead atoms. The predicted octanol–water partition coefficient (Wildman–Crippen LogP) is 2.02. The summed E-state index contributed by atoms with van der Waals surface area (Å²) in [5.41, 5.74) is 2.65. The Morgan fingerprint density at radius 1 is 0.960 bits per heavy atom. The maximum absolute atomic E-state index is 12.8. The van der Waals surface area contributed by atoms with Crippen LogP contribution < -0.4 is 0 Å². The number of benzene rings is 1. The van der Waals surface area contributed by atoms with E-state index >= 15 is 0 Å². The lowest BCUT2D eigenvalue weighted by atomic mass is 10.1. The van der Waals surface area contributed by atoms with E-state index in [1.54, 1.807) is 6.20 Å². The fourth-order valence-corrected chi connectivity index (χ4v) is 3.33. The molecule has 1 aliphatic rings. The highest BCUT2D eigenvalue weighted by Crippen LogP contribution is 2.20. The van der Waals surface area contributed by atoms with Crippen molar-refractivity contribution in [2.24, 2.45) is 0 Å². The minimum absolute atomic E-state index is 0.0233. The number of carbonyl (C=O) groups is 2. The SMILES string of the molecule is O=C(Cc1cc[nH]c1)N1CCN(C(=O)c2c[nH]c3ccccc23)CC1. The van der Waals surface area contributed by atoms with Gasteiger partial charge in [0.25, 0.3) is 5.91 Å². The molecule has 0 radical (unpaired) electrons. The van der Waals surface area contributed by atoms with E-state index in [4.69, 9.17) is 0 Å². The molecule has 2 N–H and O–H groups in total. The average molecular weight is 336 g/mol. The molecule has 1 aromatic carbocycles. The highest BCUT2D eigenvalue weighted by molar-refractivity contribution is 6.06. The maximum atomic E-state index is 12.8. The third kappa shape index (κ3) is 3.03. The van der Waals surface area contributed by atoms with Crippen LogP contribution in [0.5, 0.6) is 0 Å². The van der Waals surface area contributed by atoms with E-state index in [9.17, 15) is 9.59 Å². The number of piperazine rings is 1. The van der Waals surface area contributed by atoms with Crippen molar-refractivity contribution in [1.82, 2.24) is 19.8 Å². The van der Waals surface area contributed by atoms with Crippen LogP contribution >= 0.6 is 0 Å². The molecule has 4 rings (SSSR count). The summed E-state index contributed by atoms with van der Waals surface area (Å²) in [6.45, 7) is 2.29. The molecule has 25 heavy (non-hydrogen) atoms. The normalized spacial score (nSPS) is 14.9. The molecule has 3 aromatic rings. The van der Waals surface area contributed by atoms with Gasteiger partial charge in [0.15, 0.2) is 0 Å².